The summed E-state index contributed by atoms with van der Waals surface area (Å²) < 4.78 is 73.3. The van der Waals surface area contributed by atoms with Crippen LogP contribution in [-0.4, -0.2) is 31.6 Å². The van der Waals surface area contributed by atoms with Gasteiger partial charge in [0.15, 0.2) is 0 Å². The van der Waals surface area contributed by atoms with Gasteiger partial charge in [-0.1, -0.05) is 0 Å². The smallest absolute Gasteiger partial charge is 0.427 e. The van der Waals surface area contributed by atoms with Crippen molar-refractivity contribution in [3.05, 3.63) is 0 Å². The molecule has 0 aromatic carbocycles. The SMILES string of the molecule is CNC(=O)OC(C(F)(F)F)C(F)(F)F. The second-order valence-electron chi connectivity index (χ2n) is 2.12. The van der Waals surface area contributed by atoms with Crippen LogP contribution in [0.2, 0.25) is 0 Å². The van der Waals surface area contributed by atoms with Gasteiger partial charge in [0.1, 0.15) is 0 Å². The lowest BCUT2D eigenvalue weighted by atomic mass is 10.3. The number of rotatable bonds is 1. The first-order chi connectivity index (χ1) is 6.09. The van der Waals surface area contributed by atoms with Crippen LogP contribution in [0.1, 0.15) is 0 Å². The maximum absolute atomic E-state index is 11.7. The standard InChI is InChI=1S/C5H5F6NO2/c1-12-3(13)14-2(4(6,7)8)5(9,10)11/h2H,1H3,(H,12,13). The lowest BCUT2D eigenvalue weighted by Gasteiger charge is -2.22. The molecule has 0 aliphatic carbocycles. The zero-order valence-electron chi connectivity index (χ0n) is 6.66. The van der Waals surface area contributed by atoms with Crippen LogP contribution in [-0.2, 0) is 4.74 Å². The van der Waals surface area contributed by atoms with Crippen molar-refractivity contribution in [1.82, 2.24) is 5.32 Å². The molecule has 0 aromatic rings. The van der Waals surface area contributed by atoms with Crippen LogP contribution in [0.4, 0.5) is 31.1 Å². The summed E-state index contributed by atoms with van der Waals surface area (Å²) in [6.45, 7) is 0. The summed E-state index contributed by atoms with van der Waals surface area (Å²) >= 11 is 0. The van der Waals surface area contributed by atoms with Crippen LogP contribution in [0, 0.1) is 0 Å². The number of nitrogens with one attached hydrogen (secondary N) is 1. The van der Waals surface area contributed by atoms with Gasteiger partial charge >= 0.3 is 18.4 Å². The molecule has 1 amide bonds. The Balaban J connectivity index is 4.68. The van der Waals surface area contributed by atoms with Crippen molar-refractivity contribution < 1.29 is 35.9 Å². The average Bonchev–Trinajstić information content (AvgIpc) is 1.95. The van der Waals surface area contributed by atoms with E-state index in [1.807, 2.05) is 0 Å². The Labute approximate surface area is 74.0 Å². The number of amides is 1. The Hall–Kier alpha value is -1.15. The Morgan fingerprint density at radius 1 is 1.14 bits per heavy atom. The quantitative estimate of drug-likeness (QED) is 0.691. The molecule has 0 aromatic heterocycles. The van der Waals surface area contributed by atoms with Crippen LogP contribution in [0.15, 0.2) is 0 Å². The maximum Gasteiger partial charge on any atom is 0.434 e. The van der Waals surface area contributed by atoms with E-state index in [0.29, 0.717) is 0 Å². The Kier molecular flexibility index (Phi) is 3.60. The third-order valence-electron chi connectivity index (χ3n) is 1.02. The van der Waals surface area contributed by atoms with Crippen LogP contribution in [0.5, 0.6) is 0 Å². The summed E-state index contributed by atoms with van der Waals surface area (Å²) in [7, 11) is 0.839. The van der Waals surface area contributed by atoms with E-state index in [4.69, 9.17) is 0 Å². The summed E-state index contributed by atoms with van der Waals surface area (Å²) in [5.41, 5.74) is 0. The molecular formula is C5H5F6NO2. The van der Waals surface area contributed by atoms with Crippen molar-refractivity contribution >= 4 is 6.09 Å². The van der Waals surface area contributed by atoms with Crippen molar-refractivity contribution in [3.63, 3.8) is 0 Å². The number of hydrogen-bond donors (Lipinski definition) is 1. The molecule has 84 valence electrons. The topological polar surface area (TPSA) is 38.3 Å². The Morgan fingerprint density at radius 3 is 1.71 bits per heavy atom. The molecule has 0 spiro atoms. The highest BCUT2D eigenvalue weighted by Gasteiger charge is 2.59. The minimum absolute atomic E-state index is 0.839. The molecule has 0 saturated heterocycles. The largest absolute Gasteiger partial charge is 0.434 e. The fourth-order valence-corrected chi connectivity index (χ4v) is 0.485. The van der Waals surface area contributed by atoms with E-state index in [-0.39, 0.29) is 0 Å². The number of carbonyl (C=O) groups is 1. The summed E-state index contributed by atoms with van der Waals surface area (Å²) in [6.07, 6.45) is -17.3. The first-order valence-electron chi connectivity index (χ1n) is 3.11. The number of hydrogen-bond acceptors (Lipinski definition) is 2. The molecule has 0 aliphatic rings. The molecular weight excluding hydrogens is 220 g/mol. The lowest BCUT2D eigenvalue weighted by Crippen LogP contribution is -2.46. The van der Waals surface area contributed by atoms with E-state index in [9.17, 15) is 31.1 Å². The normalized spacial score (nSPS) is 12.9. The van der Waals surface area contributed by atoms with E-state index < -0.39 is 24.5 Å². The second-order valence-corrected chi connectivity index (χ2v) is 2.12. The predicted molar refractivity (Wildman–Crippen MR) is 31.4 cm³/mol. The van der Waals surface area contributed by atoms with Crippen LogP contribution < -0.4 is 5.32 Å². The Morgan fingerprint density at radius 2 is 1.50 bits per heavy atom. The maximum atomic E-state index is 11.7. The van der Waals surface area contributed by atoms with Gasteiger partial charge in [0, 0.05) is 7.05 Å². The summed E-state index contributed by atoms with van der Waals surface area (Å²) in [5.74, 6) is 0. The Bertz CT molecular complexity index is 195. The van der Waals surface area contributed by atoms with Crippen LogP contribution >= 0.6 is 0 Å². The highest BCUT2D eigenvalue weighted by molar-refractivity contribution is 5.67. The van der Waals surface area contributed by atoms with Gasteiger partial charge < -0.3 is 10.1 Å². The molecule has 3 nitrogen and oxygen atoms in total. The number of halogens is 6. The van der Waals surface area contributed by atoms with Crippen molar-refractivity contribution in [1.29, 1.82) is 0 Å². The van der Waals surface area contributed by atoms with E-state index >= 15 is 0 Å². The van der Waals surface area contributed by atoms with E-state index in [1.165, 1.54) is 5.32 Å². The monoisotopic (exact) mass is 225 g/mol. The molecule has 14 heavy (non-hydrogen) atoms. The molecule has 0 atom stereocenters. The van der Waals surface area contributed by atoms with Gasteiger partial charge in [-0.15, -0.1) is 0 Å². The molecule has 0 radical (unpaired) electrons. The lowest BCUT2D eigenvalue weighted by molar-refractivity contribution is -0.306. The average molecular weight is 225 g/mol. The van der Waals surface area contributed by atoms with Crippen molar-refractivity contribution in [2.75, 3.05) is 7.05 Å². The minimum Gasteiger partial charge on any atom is -0.427 e. The van der Waals surface area contributed by atoms with E-state index in [0.717, 1.165) is 7.05 Å². The van der Waals surface area contributed by atoms with Gasteiger partial charge in [-0.05, 0) is 0 Å². The zero-order chi connectivity index (χ0) is 11.6. The number of carbonyl (C=O) groups excluding carboxylic acids is 1. The van der Waals surface area contributed by atoms with Crippen LogP contribution in [0.3, 0.4) is 0 Å². The third-order valence-corrected chi connectivity index (χ3v) is 1.02. The number of alkyl carbamates (subject to hydrolysis) is 1. The molecule has 9 heteroatoms. The first-order valence-corrected chi connectivity index (χ1v) is 3.11. The molecule has 0 unspecified atom stereocenters. The fraction of sp³-hybridized carbons (Fsp3) is 0.800. The summed E-state index contributed by atoms with van der Waals surface area (Å²) in [4.78, 5) is 10.2. The van der Waals surface area contributed by atoms with Crippen molar-refractivity contribution in [3.8, 4) is 0 Å². The van der Waals surface area contributed by atoms with E-state index in [1.54, 1.807) is 0 Å². The minimum atomic E-state index is -5.68. The molecule has 1 N–H and O–H groups in total. The van der Waals surface area contributed by atoms with Crippen molar-refractivity contribution in [2.24, 2.45) is 0 Å². The van der Waals surface area contributed by atoms with Gasteiger partial charge in [-0.3, -0.25) is 0 Å². The second kappa shape index (κ2) is 3.93. The number of ether oxygens (including phenoxy) is 1. The highest BCUT2D eigenvalue weighted by atomic mass is 19.4. The van der Waals surface area contributed by atoms with Crippen molar-refractivity contribution in [2.45, 2.75) is 18.5 Å². The van der Waals surface area contributed by atoms with Gasteiger partial charge in [-0.2, -0.15) is 26.3 Å². The highest BCUT2D eigenvalue weighted by Crippen LogP contribution is 2.35. The summed E-state index contributed by atoms with van der Waals surface area (Å²) in [5, 5.41) is 1.48. The van der Waals surface area contributed by atoms with Gasteiger partial charge in [0.05, 0.1) is 0 Å². The zero-order valence-corrected chi connectivity index (χ0v) is 6.66. The molecule has 0 saturated carbocycles. The molecule has 0 heterocycles. The predicted octanol–water partition coefficient (Wildman–Crippen LogP) is 1.84. The van der Waals surface area contributed by atoms with Gasteiger partial charge in [0.2, 0.25) is 0 Å². The third kappa shape index (κ3) is 3.71. The molecule has 0 bridgehead atoms. The molecule has 0 rings (SSSR count). The molecule has 0 fully saturated rings. The summed E-state index contributed by atoms with van der Waals surface area (Å²) in [6, 6.07) is 0. The van der Waals surface area contributed by atoms with Gasteiger partial charge in [0.25, 0.3) is 6.10 Å². The van der Waals surface area contributed by atoms with Crippen LogP contribution in [0.25, 0.3) is 0 Å². The first kappa shape index (κ1) is 12.8. The molecule has 0 aliphatic heterocycles. The van der Waals surface area contributed by atoms with E-state index in [2.05, 4.69) is 4.74 Å². The fourth-order valence-electron chi connectivity index (χ4n) is 0.485. The van der Waals surface area contributed by atoms with Gasteiger partial charge in [-0.25, -0.2) is 4.79 Å². The number of alkyl halides is 6.